The quantitative estimate of drug-likeness (QED) is 0.214. The zero-order chi connectivity index (χ0) is 21.5. The van der Waals surface area contributed by atoms with E-state index in [2.05, 4.69) is 20.3 Å². The summed E-state index contributed by atoms with van der Waals surface area (Å²) in [5.41, 5.74) is 0.158. The van der Waals surface area contributed by atoms with E-state index in [4.69, 9.17) is 14.3 Å². The highest BCUT2D eigenvalue weighted by molar-refractivity contribution is 5.93. The molecule has 3 rings (SSSR count). The summed E-state index contributed by atoms with van der Waals surface area (Å²) in [6.07, 6.45) is 3.18. The topological polar surface area (TPSA) is 171 Å². The first kappa shape index (κ1) is 20.8. The summed E-state index contributed by atoms with van der Waals surface area (Å²) in [6, 6.07) is 3.94. The van der Waals surface area contributed by atoms with E-state index in [0.717, 1.165) is 25.2 Å². The van der Waals surface area contributed by atoms with E-state index < -0.39 is 22.1 Å². The number of nitrogens with zero attached hydrogens (tertiary/aromatic N) is 3. The molecule has 0 bridgehead atoms. The Morgan fingerprint density at radius 1 is 1.23 bits per heavy atom. The van der Waals surface area contributed by atoms with Gasteiger partial charge in [-0.15, -0.1) is 0 Å². The van der Waals surface area contributed by atoms with Crippen molar-refractivity contribution in [2.75, 3.05) is 11.9 Å². The van der Waals surface area contributed by atoms with E-state index >= 15 is 0 Å². The molecule has 1 aromatic carbocycles. The third-order valence-electron chi connectivity index (χ3n) is 4.21. The molecule has 0 aliphatic rings. The number of ether oxygens (including phenoxy) is 1. The maximum atomic E-state index is 11.7. The zero-order valence-electron chi connectivity index (χ0n) is 15.7. The lowest BCUT2D eigenvalue weighted by molar-refractivity contribution is -0.383. The lowest BCUT2D eigenvalue weighted by Gasteiger charge is -2.07. The normalized spacial score (nSPS) is 10.8. The number of unbranched alkanes of at least 4 members (excludes halogenated alkanes) is 2. The molecule has 0 saturated heterocycles. The highest BCUT2D eigenvalue weighted by atomic mass is 16.6. The van der Waals surface area contributed by atoms with Gasteiger partial charge in [0.1, 0.15) is 18.6 Å². The minimum Gasteiger partial charge on any atom is -0.502 e. The van der Waals surface area contributed by atoms with Crippen LogP contribution in [0.15, 0.2) is 38.3 Å². The largest absolute Gasteiger partial charge is 0.502 e. The number of esters is 1. The second-order valence-electron chi connectivity index (χ2n) is 6.34. The Morgan fingerprint density at radius 2 is 2.03 bits per heavy atom. The first-order chi connectivity index (χ1) is 14.5. The van der Waals surface area contributed by atoms with Crippen LogP contribution in [-0.2, 0) is 16.1 Å². The fourth-order valence-corrected chi connectivity index (χ4v) is 2.68. The molecule has 0 spiro atoms. The number of anilines is 1. The Labute approximate surface area is 168 Å². The van der Waals surface area contributed by atoms with Crippen molar-refractivity contribution >= 4 is 28.4 Å². The van der Waals surface area contributed by atoms with Gasteiger partial charge in [-0.1, -0.05) is 6.42 Å². The van der Waals surface area contributed by atoms with Gasteiger partial charge in [-0.2, -0.15) is 0 Å². The maximum Gasteiger partial charge on any atom is 0.306 e. The number of carbonyl (C=O) groups is 1. The SMILES string of the molecule is O=C(CCCCCNc1ccc([N+](=O)[O-])c2nonc12)OCc1cc(=O)c(O)co1. The number of benzene rings is 1. The van der Waals surface area contributed by atoms with E-state index in [1.165, 1.54) is 6.07 Å². The number of hydrogen-bond donors (Lipinski definition) is 2. The summed E-state index contributed by atoms with van der Waals surface area (Å²) in [4.78, 5) is 33.4. The van der Waals surface area contributed by atoms with Gasteiger partial charge in [0.25, 0.3) is 0 Å². The summed E-state index contributed by atoms with van der Waals surface area (Å²) < 4.78 is 14.6. The number of nitro groups is 1. The number of carbonyl (C=O) groups excluding carboxylic acids is 1. The number of aromatic hydroxyl groups is 1. The number of hydrogen-bond acceptors (Lipinski definition) is 11. The number of fused-ring (bicyclic) bond motifs is 1. The average molecular weight is 418 g/mol. The van der Waals surface area contributed by atoms with Crippen LogP contribution in [0.4, 0.5) is 11.4 Å². The van der Waals surface area contributed by atoms with E-state index in [1.54, 1.807) is 6.07 Å². The monoisotopic (exact) mass is 418 g/mol. The Bertz CT molecular complexity index is 1110. The first-order valence-corrected chi connectivity index (χ1v) is 9.05. The summed E-state index contributed by atoms with van der Waals surface area (Å²) in [5.74, 6) is -0.788. The molecule has 2 heterocycles. The zero-order valence-corrected chi connectivity index (χ0v) is 15.7. The van der Waals surface area contributed by atoms with Gasteiger partial charge in [0.15, 0.2) is 11.3 Å². The molecule has 12 nitrogen and oxygen atoms in total. The number of rotatable bonds is 10. The van der Waals surface area contributed by atoms with Crippen molar-refractivity contribution in [3.8, 4) is 5.75 Å². The summed E-state index contributed by atoms with van der Waals surface area (Å²) in [6.45, 7) is 0.380. The summed E-state index contributed by atoms with van der Waals surface area (Å²) in [5, 5.41) is 30.5. The van der Waals surface area contributed by atoms with Crippen LogP contribution in [0.3, 0.4) is 0 Å². The molecular formula is C18H18N4O8. The van der Waals surface area contributed by atoms with Crippen LogP contribution >= 0.6 is 0 Å². The van der Waals surface area contributed by atoms with E-state index in [0.29, 0.717) is 18.7 Å². The van der Waals surface area contributed by atoms with Gasteiger partial charge in [-0.25, -0.2) is 4.63 Å². The van der Waals surface area contributed by atoms with Crippen molar-refractivity contribution in [3.63, 3.8) is 0 Å². The van der Waals surface area contributed by atoms with Crippen LogP contribution in [-0.4, -0.2) is 32.9 Å². The van der Waals surface area contributed by atoms with Crippen molar-refractivity contribution in [2.45, 2.75) is 32.3 Å². The average Bonchev–Trinajstić information content (AvgIpc) is 3.21. The lowest BCUT2D eigenvalue weighted by Crippen LogP contribution is -2.07. The van der Waals surface area contributed by atoms with E-state index in [9.17, 15) is 19.7 Å². The molecular weight excluding hydrogens is 400 g/mol. The van der Waals surface area contributed by atoms with Crippen molar-refractivity contribution in [3.05, 3.63) is 50.6 Å². The van der Waals surface area contributed by atoms with Gasteiger partial charge < -0.3 is 19.6 Å². The van der Waals surface area contributed by atoms with Crippen LogP contribution in [0.5, 0.6) is 5.75 Å². The molecule has 2 aromatic heterocycles. The molecule has 0 aliphatic heterocycles. The number of nitro benzene ring substituents is 1. The fraction of sp³-hybridized carbons (Fsp3) is 0.333. The van der Waals surface area contributed by atoms with Crippen LogP contribution in [0.1, 0.15) is 31.4 Å². The van der Waals surface area contributed by atoms with Crippen molar-refractivity contribution in [2.24, 2.45) is 0 Å². The highest BCUT2D eigenvalue weighted by Crippen LogP contribution is 2.28. The van der Waals surface area contributed by atoms with Crippen LogP contribution in [0.2, 0.25) is 0 Å². The standard InChI is InChI=1S/C18H18N4O8/c23-14-8-11(28-10-15(14)24)9-29-16(25)4-2-1-3-7-19-12-5-6-13(22(26)27)18-17(12)20-30-21-18/h5-6,8,10,19,24H,1-4,7,9H2. The molecule has 2 N–H and O–H groups in total. The van der Waals surface area contributed by atoms with Gasteiger partial charge in [-0.05, 0) is 29.2 Å². The fourth-order valence-electron chi connectivity index (χ4n) is 2.68. The molecule has 158 valence electrons. The molecule has 0 saturated carbocycles. The molecule has 30 heavy (non-hydrogen) atoms. The Morgan fingerprint density at radius 3 is 2.80 bits per heavy atom. The van der Waals surface area contributed by atoms with Crippen molar-refractivity contribution in [1.82, 2.24) is 10.3 Å². The minimum atomic E-state index is -0.605. The molecule has 0 atom stereocenters. The number of aromatic nitrogens is 2. The van der Waals surface area contributed by atoms with Crippen LogP contribution in [0, 0.1) is 10.1 Å². The Kier molecular flexibility index (Phi) is 6.57. The van der Waals surface area contributed by atoms with Crippen LogP contribution < -0.4 is 10.7 Å². The molecule has 0 radical (unpaired) electrons. The molecule has 0 unspecified atom stereocenters. The Hall–Kier alpha value is -3.96. The molecule has 12 heteroatoms. The van der Waals surface area contributed by atoms with E-state index in [1.807, 2.05) is 0 Å². The predicted octanol–water partition coefficient (Wildman–Crippen LogP) is 2.51. The molecule has 0 fully saturated rings. The van der Waals surface area contributed by atoms with Gasteiger partial charge in [0.05, 0.1) is 10.6 Å². The van der Waals surface area contributed by atoms with Crippen molar-refractivity contribution < 1.29 is 28.6 Å². The number of non-ortho nitro benzene ring substituents is 1. The van der Waals surface area contributed by atoms with Crippen LogP contribution in [0.25, 0.3) is 11.0 Å². The number of nitrogens with one attached hydrogen (secondary N) is 1. The second-order valence-corrected chi connectivity index (χ2v) is 6.34. The van der Waals surface area contributed by atoms with Gasteiger partial charge >= 0.3 is 11.7 Å². The van der Waals surface area contributed by atoms with Gasteiger partial charge in [0, 0.05) is 25.1 Å². The van der Waals surface area contributed by atoms with E-state index in [-0.39, 0.29) is 35.5 Å². The smallest absolute Gasteiger partial charge is 0.306 e. The molecule has 0 aliphatic carbocycles. The highest BCUT2D eigenvalue weighted by Gasteiger charge is 2.19. The second kappa shape index (κ2) is 9.49. The maximum absolute atomic E-state index is 11.7. The van der Waals surface area contributed by atoms with Crippen molar-refractivity contribution in [1.29, 1.82) is 0 Å². The summed E-state index contributed by atoms with van der Waals surface area (Å²) in [7, 11) is 0. The molecule has 0 amide bonds. The Balaban J connectivity index is 1.36. The van der Waals surface area contributed by atoms with Gasteiger partial charge in [-0.3, -0.25) is 19.7 Å². The first-order valence-electron chi connectivity index (χ1n) is 9.05. The summed E-state index contributed by atoms with van der Waals surface area (Å²) >= 11 is 0. The minimum absolute atomic E-state index is 0.0807. The predicted molar refractivity (Wildman–Crippen MR) is 102 cm³/mol. The third kappa shape index (κ3) is 5.10. The molecule has 3 aromatic rings. The third-order valence-corrected chi connectivity index (χ3v) is 4.21. The lowest BCUT2D eigenvalue weighted by atomic mass is 10.2. The van der Waals surface area contributed by atoms with Gasteiger partial charge in [0.2, 0.25) is 10.9 Å².